The van der Waals surface area contributed by atoms with Crippen molar-refractivity contribution in [2.24, 2.45) is 0 Å². The molecule has 0 saturated carbocycles. The van der Waals surface area contributed by atoms with Crippen LogP contribution in [0.2, 0.25) is 0 Å². The second-order valence-electron chi connectivity index (χ2n) is 4.21. The lowest BCUT2D eigenvalue weighted by atomic mass is 10.2. The fourth-order valence-corrected chi connectivity index (χ4v) is 2.09. The SMILES string of the molecule is CNc1ncnc(-c2cc3cccc(F)c3o2)c1C. The van der Waals surface area contributed by atoms with Crippen molar-refractivity contribution < 1.29 is 8.81 Å². The molecular formula is C14H12FN3O. The summed E-state index contributed by atoms with van der Waals surface area (Å²) in [5, 5.41) is 3.71. The largest absolute Gasteiger partial charge is 0.451 e. The summed E-state index contributed by atoms with van der Waals surface area (Å²) in [6.07, 6.45) is 1.46. The number of fused-ring (bicyclic) bond motifs is 1. The van der Waals surface area contributed by atoms with Crippen molar-refractivity contribution in [2.75, 3.05) is 12.4 Å². The van der Waals surface area contributed by atoms with Gasteiger partial charge in [0.25, 0.3) is 0 Å². The maximum atomic E-state index is 13.6. The number of anilines is 1. The Morgan fingerprint density at radius 3 is 2.84 bits per heavy atom. The maximum Gasteiger partial charge on any atom is 0.170 e. The minimum absolute atomic E-state index is 0.251. The number of furan rings is 1. The molecule has 2 aromatic heterocycles. The number of rotatable bonds is 2. The van der Waals surface area contributed by atoms with Crippen LogP contribution in [-0.4, -0.2) is 17.0 Å². The summed E-state index contributed by atoms with van der Waals surface area (Å²) < 4.78 is 19.2. The van der Waals surface area contributed by atoms with Crippen LogP contribution >= 0.6 is 0 Å². The highest BCUT2D eigenvalue weighted by atomic mass is 19.1. The molecule has 5 heteroatoms. The van der Waals surface area contributed by atoms with Crippen LogP contribution in [0.3, 0.4) is 0 Å². The van der Waals surface area contributed by atoms with E-state index in [0.717, 1.165) is 16.8 Å². The van der Waals surface area contributed by atoms with Gasteiger partial charge < -0.3 is 9.73 Å². The Morgan fingerprint density at radius 1 is 1.26 bits per heavy atom. The van der Waals surface area contributed by atoms with Gasteiger partial charge in [-0.25, -0.2) is 14.4 Å². The van der Waals surface area contributed by atoms with Gasteiger partial charge in [-0.1, -0.05) is 12.1 Å². The molecule has 0 fully saturated rings. The van der Waals surface area contributed by atoms with Crippen LogP contribution in [0.5, 0.6) is 0 Å². The number of aromatic nitrogens is 2. The molecule has 19 heavy (non-hydrogen) atoms. The summed E-state index contributed by atoms with van der Waals surface area (Å²) in [6, 6.07) is 6.62. The molecule has 96 valence electrons. The number of para-hydroxylation sites is 1. The lowest BCUT2D eigenvalue weighted by Crippen LogP contribution is -1.98. The maximum absolute atomic E-state index is 13.6. The highest BCUT2D eigenvalue weighted by molar-refractivity contribution is 5.83. The number of nitrogens with zero attached hydrogens (tertiary/aromatic N) is 2. The average molecular weight is 257 g/mol. The van der Waals surface area contributed by atoms with Crippen molar-refractivity contribution in [3.8, 4) is 11.5 Å². The van der Waals surface area contributed by atoms with E-state index in [2.05, 4.69) is 15.3 Å². The molecule has 0 aliphatic heterocycles. The van der Waals surface area contributed by atoms with Gasteiger partial charge in [-0.3, -0.25) is 0 Å². The molecule has 0 bridgehead atoms. The Hall–Kier alpha value is -2.43. The molecule has 0 unspecified atom stereocenters. The van der Waals surface area contributed by atoms with E-state index in [-0.39, 0.29) is 11.4 Å². The third-order valence-corrected chi connectivity index (χ3v) is 3.05. The normalized spacial score (nSPS) is 10.9. The monoisotopic (exact) mass is 257 g/mol. The highest BCUT2D eigenvalue weighted by Gasteiger charge is 2.14. The van der Waals surface area contributed by atoms with Gasteiger partial charge >= 0.3 is 0 Å². The number of hydrogen-bond acceptors (Lipinski definition) is 4. The van der Waals surface area contributed by atoms with Crippen LogP contribution in [0, 0.1) is 12.7 Å². The molecular weight excluding hydrogens is 245 g/mol. The van der Waals surface area contributed by atoms with Crippen molar-refractivity contribution in [1.82, 2.24) is 9.97 Å². The van der Waals surface area contributed by atoms with Crippen molar-refractivity contribution in [3.05, 3.63) is 42.0 Å². The summed E-state index contributed by atoms with van der Waals surface area (Å²) in [5.74, 6) is 0.895. The second-order valence-corrected chi connectivity index (χ2v) is 4.21. The van der Waals surface area contributed by atoms with Gasteiger partial charge in [0.2, 0.25) is 0 Å². The first-order valence-corrected chi connectivity index (χ1v) is 5.88. The van der Waals surface area contributed by atoms with E-state index < -0.39 is 0 Å². The fraction of sp³-hybridized carbons (Fsp3) is 0.143. The number of halogens is 1. The van der Waals surface area contributed by atoms with Crippen LogP contribution < -0.4 is 5.32 Å². The number of hydrogen-bond donors (Lipinski definition) is 1. The van der Waals surface area contributed by atoms with Gasteiger partial charge in [-0.2, -0.15) is 0 Å². The van der Waals surface area contributed by atoms with Crippen LogP contribution in [0.4, 0.5) is 10.2 Å². The second kappa shape index (κ2) is 4.35. The van der Waals surface area contributed by atoms with E-state index in [4.69, 9.17) is 4.42 Å². The predicted octanol–water partition coefficient (Wildman–Crippen LogP) is 3.38. The average Bonchev–Trinajstić information content (AvgIpc) is 2.84. The first-order valence-electron chi connectivity index (χ1n) is 5.88. The zero-order chi connectivity index (χ0) is 13.4. The first-order chi connectivity index (χ1) is 9.20. The van der Waals surface area contributed by atoms with E-state index in [1.54, 1.807) is 25.2 Å². The Balaban J connectivity index is 2.22. The van der Waals surface area contributed by atoms with E-state index in [1.165, 1.54) is 12.4 Å². The van der Waals surface area contributed by atoms with Crippen LogP contribution in [0.25, 0.3) is 22.4 Å². The summed E-state index contributed by atoms with van der Waals surface area (Å²) >= 11 is 0. The van der Waals surface area contributed by atoms with Crippen LogP contribution in [-0.2, 0) is 0 Å². The topological polar surface area (TPSA) is 51.0 Å². The molecule has 0 spiro atoms. The predicted molar refractivity (Wildman–Crippen MR) is 71.5 cm³/mol. The van der Waals surface area contributed by atoms with Crippen molar-refractivity contribution in [1.29, 1.82) is 0 Å². The van der Waals surface area contributed by atoms with Gasteiger partial charge in [-0.15, -0.1) is 0 Å². The molecule has 0 aliphatic carbocycles. The Bertz CT molecular complexity index is 752. The van der Waals surface area contributed by atoms with Gasteiger partial charge in [-0.05, 0) is 19.1 Å². The molecule has 3 rings (SSSR count). The molecule has 0 radical (unpaired) electrons. The summed E-state index contributed by atoms with van der Waals surface area (Å²) in [5.41, 5.74) is 1.78. The van der Waals surface area contributed by atoms with Gasteiger partial charge in [0.15, 0.2) is 17.2 Å². The van der Waals surface area contributed by atoms with Crippen LogP contribution in [0.15, 0.2) is 35.0 Å². The van der Waals surface area contributed by atoms with E-state index in [0.29, 0.717) is 11.5 Å². The Morgan fingerprint density at radius 2 is 2.11 bits per heavy atom. The first kappa shape index (κ1) is 11.6. The Kier molecular flexibility index (Phi) is 2.67. The minimum Gasteiger partial charge on any atom is -0.451 e. The number of benzene rings is 1. The lowest BCUT2D eigenvalue weighted by Gasteiger charge is -2.06. The van der Waals surface area contributed by atoms with E-state index in [1.807, 2.05) is 6.92 Å². The van der Waals surface area contributed by atoms with Crippen molar-refractivity contribution in [2.45, 2.75) is 6.92 Å². The molecule has 2 heterocycles. The third kappa shape index (κ3) is 1.83. The van der Waals surface area contributed by atoms with E-state index in [9.17, 15) is 4.39 Å². The summed E-state index contributed by atoms with van der Waals surface area (Å²) in [4.78, 5) is 8.33. The molecule has 4 nitrogen and oxygen atoms in total. The minimum atomic E-state index is -0.371. The lowest BCUT2D eigenvalue weighted by molar-refractivity contribution is 0.567. The standard InChI is InChI=1S/C14H12FN3O/c1-8-12(17-7-18-14(8)16-2)11-6-9-4-3-5-10(15)13(9)19-11/h3-7H,1-2H3,(H,16,17,18). The van der Waals surface area contributed by atoms with E-state index >= 15 is 0 Å². The molecule has 3 aromatic rings. The molecule has 1 N–H and O–H groups in total. The summed E-state index contributed by atoms with van der Waals surface area (Å²) in [6.45, 7) is 1.89. The molecule has 0 saturated heterocycles. The zero-order valence-corrected chi connectivity index (χ0v) is 10.6. The fourth-order valence-electron chi connectivity index (χ4n) is 2.09. The molecule has 0 aliphatic rings. The van der Waals surface area contributed by atoms with Crippen LogP contribution in [0.1, 0.15) is 5.56 Å². The number of nitrogens with one attached hydrogen (secondary N) is 1. The Labute approximate surface area is 109 Å². The highest BCUT2D eigenvalue weighted by Crippen LogP contribution is 2.31. The smallest absolute Gasteiger partial charge is 0.170 e. The molecule has 1 aromatic carbocycles. The quantitative estimate of drug-likeness (QED) is 0.764. The molecule has 0 amide bonds. The summed E-state index contributed by atoms with van der Waals surface area (Å²) in [7, 11) is 1.79. The van der Waals surface area contributed by atoms with Crippen molar-refractivity contribution >= 4 is 16.8 Å². The van der Waals surface area contributed by atoms with Gasteiger partial charge in [0.05, 0.1) is 0 Å². The van der Waals surface area contributed by atoms with Crippen molar-refractivity contribution in [3.63, 3.8) is 0 Å². The van der Waals surface area contributed by atoms with Gasteiger partial charge in [0, 0.05) is 18.0 Å². The van der Waals surface area contributed by atoms with Gasteiger partial charge in [0.1, 0.15) is 17.8 Å². The zero-order valence-electron chi connectivity index (χ0n) is 10.6. The third-order valence-electron chi connectivity index (χ3n) is 3.05. The molecule has 0 atom stereocenters.